The van der Waals surface area contributed by atoms with E-state index in [0.29, 0.717) is 11.4 Å². The van der Waals surface area contributed by atoms with Gasteiger partial charge in [-0.2, -0.15) is 0 Å². The number of nitrogens with zero attached hydrogens (tertiary/aromatic N) is 2. The number of benzene rings is 1. The van der Waals surface area contributed by atoms with Crippen LogP contribution in [0.25, 0.3) is 10.7 Å². The fourth-order valence-corrected chi connectivity index (χ4v) is 2.63. The summed E-state index contributed by atoms with van der Waals surface area (Å²) in [4.78, 5) is 20.8. The molecule has 0 saturated carbocycles. The Morgan fingerprint density at radius 3 is 2.68 bits per heavy atom. The first kappa shape index (κ1) is 14.2. The monoisotopic (exact) mass is 311 g/mol. The Morgan fingerprint density at radius 1 is 1.18 bits per heavy atom. The van der Waals surface area contributed by atoms with Crippen molar-refractivity contribution in [1.82, 2.24) is 9.97 Å². The summed E-state index contributed by atoms with van der Waals surface area (Å²) in [7, 11) is 1.60. The van der Waals surface area contributed by atoms with Gasteiger partial charge in [0.05, 0.1) is 12.8 Å². The predicted molar refractivity (Wildman–Crippen MR) is 86.3 cm³/mol. The lowest BCUT2D eigenvalue weighted by Crippen LogP contribution is -2.12. The highest BCUT2D eigenvalue weighted by atomic mass is 32.1. The number of carbonyl (C=O) groups is 1. The molecule has 0 fully saturated rings. The topological polar surface area (TPSA) is 64.1 Å². The number of carbonyl (C=O) groups excluding carboxylic acids is 1. The maximum Gasteiger partial charge on any atom is 0.275 e. The minimum Gasteiger partial charge on any atom is -0.497 e. The maximum absolute atomic E-state index is 12.2. The first-order valence-electron chi connectivity index (χ1n) is 6.58. The number of rotatable bonds is 4. The summed E-state index contributed by atoms with van der Waals surface area (Å²) in [5, 5.41) is 5.25. The van der Waals surface area contributed by atoms with E-state index in [0.717, 1.165) is 16.5 Å². The average Bonchev–Trinajstić information content (AvgIpc) is 3.06. The Balaban J connectivity index is 1.74. The van der Waals surface area contributed by atoms with Gasteiger partial charge in [0, 0.05) is 17.3 Å². The minimum atomic E-state index is -0.247. The highest BCUT2D eigenvalue weighted by molar-refractivity contribution is 7.13. The molecule has 0 atom stereocenters. The number of pyridine rings is 1. The van der Waals surface area contributed by atoms with Crippen LogP contribution in [-0.2, 0) is 0 Å². The fraction of sp³-hybridized carbons (Fsp3) is 0.0625. The lowest BCUT2D eigenvalue weighted by molar-refractivity contribution is 0.102. The Hall–Kier alpha value is -2.73. The number of thiazole rings is 1. The van der Waals surface area contributed by atoms with Crippen LogP contribution >= 0.6 is 11.3 Å². The first-order valence-corrected chi connectivity index (χ1v) is 7.46. The summed E-state index contributed by atoms with van der Waals surface area (Å²) in [6.07, 6.45) is 1.70. The Labute approximate surface area is 131 Å². The molecule has 0 aliphatic rings. The smallest absolute Gasteiger partial charge is 0.275 e. The Bertz CT molecular complexity index is 770. The van der Waals surface area contributed by atoms with E-state index >= 15 is 0 Å². The van der Waals surface area contributed by atoms with Gasteiger partial charge in [-0.05, 0) is 36.4 Å². The van der Waals surface area contributed by atoms with Gasteiger partial charge in [0.25, 0.3) is 5.91 Å². The lowest BCUT2D eigenvalue weighted by atomic mass is 10.3. The molecule has 0 radical (unpaired) electrons. The van der Waals surface area contributed by atoms with Crippen LogP contribution in [0.2, 0.25) is 0 Å². The molecular weight excluding hydrogens is 298 g/mol. The number of ether oxygens (including phenoxy) is 1. The zero-order valence-corrected chi connectivity index (χ0v) is 12.6. The van der Waals surface area contributed by atoms with Crippen molar-refractivity contribution in [2.45, 2.75) is 0 Å². The number of anilines is 1. The molecule has 5 nitrogen and oxygen atoms in total. The van der Waals surface area contributed by atoms with E-state index in [1.165, 1.54) is 11.3 Å². The molecule has 2 aromatic heterocycles. The molecule has 1 amide bonds. The number of amides is 1. The second-order valence-corrected chi connectivity index (χ2v) is 5.29. The van der Waals surface area contributed by atoms with Gasteiger partial charge in [-0.15, -0.1) is 11.3 Å². The van der Waals surface area contributed by atoms with E-state index in [4.69, 9.17) is 4.74 Å². The second-order valence-electron chi connectivity index (χ2n) is 4.44. The lowest BCUT2D eigenvalue weighted by Gasteiger charge is -2.04. The van der Waals surface area contributed by atoms with Gasteiger partial charge in [0.2, 0.25) is 0 Å². The number of nitrogens with one attached hydrogen (secondary N) is 1. The average molecular weight is 311 g/mol. The maximum atomic E-state index is 12.2. The standard InChI is InChI=1S/C16H13N3O2S/c1-21-12-7-5-11(6-8-12)18-15(20)14-10-22-16(19-14)13-4-2-3-9-17-13/h2-10H,1H3,(H,18,20). The van der Waals surface area contributed by atoms with Crippen molar-refractivity contribution in [2.75, 3.05) is 12.4 Å². The van der Waals surface area contributed by atoms with E-state index in [2.05, 4.69) is 15.3 Å². The third kappa shape index (κ3) is 3.12. The van der Waals surface area contributed by atoms with Crippen molar-refractivity contribution in [3.05, 3.63) is 59.7 Å². The minimum absolute atomic E-state index is 0.247. The number of aromatic nitrogens is 2. The van der Waals surface area contributed by atoms with Crippen molar-refractivity contribution in [3.63, 3.8) is 0 Å². The molecule has 3 rings (SSSR count). The van der Waals surface area contributed by atoms with Crippen molar-refractivity contribution in [1.29, 1.82) is 0 Å². The quantitative estimate of drug-likeness (QED) is 0.801. The van der Waals surface area contributed by atoms with Crippen LogP contribution in [0.5, 0.6) is 5.75 Å². The van der Waals surface area contributed by atoms with Crippen LogP contribution < -0.4 is 10.1 Å². The van der Waals surface area contributed by atoms with Gasteiger partial charge in [-0.1, -0.05) is 6.07 Å². The van der Waals surface area contributed by atoms with E-state index < -0.39 is 0 Å². The summed E-state index contributed by atoms with van der Waals surface area (Å²) < 4.78 is 5.08. The number of methoxy groups -OCH3 is 1. The largest absolute Gasteiger partial charge is 0.497 e. The molecule has 3 aromatic rings. The number of hydrogen-bond donors (Lipinski definition) is 1. The molecular formula is C16H13N3O2S. The second kappa shape index (κ2) is 6.36. The van der Waals surface area contributed by atoms with E-state index in [-0.39, 0.29) is 5.91 Å². The van der Waals surface area contributed by atoms with Crippen LogP contribution in [0.1, 0.15) is 10.5 Å². The van der Waals surface area contributed by atoms with Crippen LogP contribution in [0.3, 0.4) is 0 Å². The Kier molecular flexibility index (Phi) is 4.11. The first-order chi connectivity index (χ1) is 10.8. The highest BCUT2D eigenvalue weighted by Gasteiger charge is 2.12. The molecule has 110 valence electrons. The molecule has 0 aliphatic carbocycles. The summed E-state index contributed by atoms with van der Waals surface area (Å²) in [6, 6.07) is 12.7. The molecule has 0 aliphatic heterocycles. The summed E-state index contributed by atoms with van der Waals surface area (Å²) in [5.74, 6) is 0.493. The van der Waals surface area contributed by atoms with E-state index in [1.807, 2.05) is 18.2 Å². The van der Waals surface area contributed by atoms with Gasteiger partial charge in [0.15, 0.2) is 0 Å². The van der Waals surface area contributed by atoms with Crippen molar-refractivity contribution in [2.24, 2.45) is 0 Å². The van der Waals surface area contributed by atoms with Crippen molar-refractivity contribution >= 4 is 22.9 Å². The third-order valence-corrected chi connectivity index (χ3v) is 3.83. The Morgan fingerprint density at radius 2 is 2.00 bits per heavy atom. The van der Waals surface area contributed by atoms with E-state index in [9.17, 15) is 4.79 Å². The van der Waals surface area contributed by atoms with Gasteiger partial charge in [-0.3, -0.25) is 9.78 Å². The molecule has 1 aromatic carbocycles. The molecule has 0 bridgehead atoms. The van der Waals surface area contributed by atoms with Gasteiger partial charge >= 0.3 is 0 Å². The van der Waals surface area contributed by atoms with Gasteiger partial charge in [0.1, 0.15) is 16.5 Å². The molecule has 6 heteroatoms. The van der Waals surface area contributed by atoms with Crippen molar-refractivity contribution in [3.8, 4) is 16.5 Å². The van der Waals surface area contributed by atoms with Gasteiger partial charge in [-0.25, -0.2) is 4.98 Å². The molecule has 2 heterocycles. The number of hydrogen-bond acceptors (Lipinski definition) is 5. The van der Waals surface area contributed by atoms with Crippen molar-refractivity contribution < 1.29 is 9.53 Å². The molecule has 0 spiro atoms. The van der Waals surface area contributed by atoms with E-state index in [1.54, 1.807) is 43.0 Å². The molecule has 0 saturated heterocycles. The zero-order valence-electron chi connectivity index (χ0n) is 11.8. The summed E-state index contributed by atoms with van der Waals surface area (Å²) in [5.41, 5.74) is 1.83. The normalized spacial score (nSPS) is 10.2. The molecule has 0 unspecified atom stereocenters. The van der Waals surface area contributed by atoms with Crippen LogP contribution in [0.4, 0.5) is 5.69 Å². The van der Waals surface area contributed by atoms with Crippen LogP contribution in [-0.4, -0.2) is 23.0 Å². The molecule has 22 heavy (non-hydrogen) atoms. The fourth-order valence-electron chi connectivity index (χ4n) is 1.85. The van der Waals surface area contributed by atoms with Crippen LogP contribution in [0, 0.1) is 0 Å². The predicted octanol–water partition coefficient (Wildman–Crippen LogP) is 3.47. The van der Waals surface area contributed by atoms with Crippen LogP contribution in [0.15, 0.2) is 54.0 Å². The summed E-state index contributed by atoms with van der Waals surface area (Å²) in [6.45, 7) is 0. The zero-order chi connectivity index (χ0) is 15.4. The van der Waals surface area contributed by atoms with Gasteiger partial charge < -0.3 is 10.1 Å². The summed E-state index contributed by atoms with van der Waals surface area (Å²) >= 11 is 1.39. The highest BCUT2D eigenvalue weighted by Crippen LogP contribution is 2.22. The molecule has 1 N–H and O–H groups in total. The SMILES string of the molecule is COc1ccc(NC(=O)c2csc(-c3ccccn3)n2)cc1. The third-order valence-electron chi connectivity index (χ3n) is 2.97.